The van der Waals surface area contributed by atoms with Gasteiger partial charge in [0, 0.05) is 0 Å². The first-order valence-electron chi connectivity index (χ1n) is 5.99. The van der Waals surface area contributed by atoms with Gasteiger partial charge in [0.15, 0.2) is 0 Å². The summed E-state index contributed by atoms with van der Waals surface area (Å²) in [5, 5.41) is 0. The molecular weight excluding hydrogens is 260 g/mol. The maximum absolute atomic E-state index is 11.9. The molecule has 0 aliphatic heterocycles. The van der Waals surface area contributed by atoms with Crippen LogP contribution >= 0.6 is 0 Å². The van der Waals surface area contributed by atoms with E-state index >= 15 is 0 Å². The van der Waals surface area contributed by atoms with E-state index in [1.807, 2.05) is 0 Å². The summed E-state index contributed by atoms with van der Waals surface area (Å²) in [7, 11) is 1.29. The Bertz CT molecular complexity index is 613. The van der Waals surface area contributed by atoms with Gasteiger partial charge in [0.2, 0.25) is 0 Å². The summed E-state index contributed by atoms with van der Waals surface area (Å²) in [6.45, 7) is 1.84. The van der Waals surface area contributed by atoms with E-state index in [-0.39, 0.29) is 6.61 Å². The third kappa shape index (κ3) is 3.26. The monoisotopic (exact) mass is 274 g/mol. The Morgan fingerprint density at radius 1 is 1.15 bits per heavy atom. The van der Waals surface area contributed by atoms with Crippen molar-refractivity contribution >= 4 is 11.9 Å². The van der Waals surface area contributed by atoms with Gasteiger partial charge in [-0.05, 0) is 42.8 Å². The fourth-order valence-electron chi connectivity index (χ4n) is 1.75. The normalized spacial score (nSPS) is 10.1. The van der Waals surface area contributed by atoms with Gasteiger partial charge in [0.1, 0.15) is 12.4 Å². The highest BCUT2D eigenvalue weighted by molar-refractivity contribution is 5.95. The Labute approximate surface area is 116 Å². The molecule has 2 aromatic rings. The molecule has 5 nitrogen and oxygen atoms in total. The van der Waals surface area contributed by atoms with Gasteiger partial charge in [-0.15, -0.1) is 0 Å². The minimum atomic E-state index is -0.518. The van der Waals surface area contributed by atoms with Crippen molar-refractivity contribution in [3.63, 3.8) is 0 Å². The molecule has 0 fully saturated rings. The fourth-order valence-corrected chi connectivity index (χ4v) is 1.75. The lowest BCUT2D eigenvalue weighted by atomic mass is 10.1. The fraction of sp³-hybridized carbons (Fsp3) is 0.200. The second-order valence-corrected chi connectivity index (χ2v) is 4.23. The standard InChI is InChI=1S/C15H14O5/c1-10-6-11(14(16)18-2)8-12(7-10)15(17)20-9-13-4-3-5-19-13/h3-8H,9H2,1-2H3. The Kier molecular flexibility index (Phi) is 4.20. The first-order chi connectivity index (χ1) is 9.60. The van der Waals surface area contributed by atoms with Crippen LogP contribution in [0, 0.1) is 6.92 Å². The van der Waals surface area contributed by atoms with Crippen LogP contribution in [0.15, 0.2) is 41.0 Å². The number of hydrogen-bond acceptors (Lipinski definition) is 5. The minimum absolute atomic E-state index is 0.0489. The van der Waals surface area contributed by atoms with Gasteiger partial charge in [0.05, 0.1) is 24.5 Å². The zero-order chi connectivity index (χ0) is 14.5. The van der Waals surface area contributed by atoms with Crippen LogP contribution in [-0.4, -0.2) is 19.0 Å². The molecule has 0 unspecified atom stereocenters. The van der Waals surface area contributed by atoms with Crippen LogP contribution in [-0.2, 0) is 16.1 Å². The maximum Gasteiger partial charge on any atom is 0.338 e. The van der Waals surface area contributed by atoms with Crippen molar-refractivity contribution in [1.29, 1.82) is 0 Å². The van der Waals surface area contributed by atoms with E-state index in [4.69, 9.17) is 9.15 Å². The van der Waals surface area contributed by atoms with Gasteiger partial charge >= 0.3 is 11.9 Å². The lowest BCUT2D eigenvalue weighted by Crippen LogP contribution is -2.08. The first-order valence-corrected chi connectivity index (χ1v) is 5.99. The zero-order valence-electron chi connectivity index (χ0n) is 11.2. The molecule has 0 amide bonds. The number of ether oxygens (including phenoxy) is 2. The molecule has 0 bridgehead atoms. The second kappa shape index (κ2) is 6.06. The smallest absolute Gasteiger partial charge is 0.338 e. The molecule has 0 radical (unpaired) electrons. The Morgan fingerprint density at radius 2 is 1.85 bits per heavy atom. The van der Waals surface area contributed by atoms with Crippen LogP contribution in [0.4, 0.5) is 0 Å². The molecule has 1 heterocycles. The van der Waals surface area contributed by atoms with Crippen LogP contribution in [0.25, 0.3) is 0 Å². The summed E-state index contributed by atoms with van der Waals surface area (Å²) in [6, 6.07) is 8.17. The van der Waals surface area contributed by atoms with Crippen LogP contribution < -0.4 is 0 Å². The Morgan fingerprint density at radius 3 is 2.45 bits per heavy atom. The van der Waals surface area contributed by atoms with Gasteiger partial charge in [-0.25, -0.2) is 9.59 Å². The van der Waals surface area contributed by atoms with Gasteiger partial charge < -0.3 is 13.9 Å². The minimum Gasteiger partial charge on any atom is -0.466 e. The summed E-state index contributed by atoms with van der Waals surface area (Å²) in [4.78, 5) is 23.4. The summed E-state index contributed by atoms with van der Waals surface area (Å²) >= 11 is 0. The summed E-state index contributed by atoms with van der Waals surface area (Å²) in [6.07, 6.45) is 1.51. The molecule has 1 aromatic heterocycles. The lowest BCUT2D eigenvalue weighted by molar-refractivity contribution is 0.0445. The zero-order valence-corrected chi connectivity index (χ0v) is 11.2. The quantitative estimate of drug-likeness (QED) is 0.802. The van der Waals surface area contributed by atoms with E-state index < -0.39 is 11.9 Å². The van der Waals surface area contributed by atoms with E-state index in [0.717, 1.165) is 5.56 Å². The van der Waals surface area contributed by atoms with E-state index in [1.165, 1.54) is 19.4 Å². The molecule has 20 heavy (non-hydrogen) atoms. The number of furan rings is 1. The molecule has 0 spiro atoms. The topological polar surface area (TPSA) is 65.7 Å². The van der Waals surface area contributed by atoms with Crippen LogP contribution in [0.2, 0.25) is 0 Å². The third-order valence-electron chi connectivity index (χ3n) is 2.66. The molecule has 0 N–H and O–H groups in total. The first kappa shape index (κ1) is 13.9. The maximum atomic E-state index is 11.9. The van der Waals surface area contributed by atoms with Crippen molar-refractivity contribution in [2.75, 3.05) is 7.11 Å². The summed E-state index contributed by atoms with van der Waals surface area (Å²) in [5.41, 5.74) is 1.40. The average molecular weight is 274 g/mol. The highest BCUT2D eigenvalue weighted by Crippen LogP contribution is 2.13. The molecule has 2 rings (SSSR count). The Balaban J connectivity index is 2.13. The second-order valence-electron chi connectivity index (χ2n) is 4.23. The van der Waals surface area contributed by atoms with Crippen molar-refractivity contribution in [2.45, 2.75) is 13.5 Å². The molecule has 1 aromatic carbocycles. The van der Waals surface area contributed by atoms with Gasteiger partial charge in [-0.3, -0.25) is 0 Å². The number of aryl methyl sites for hydroxylation is 1. The average Bonchev–Trinajstić information content (AvgIpc) is 2.96. The van der Waals surface area contributed by atoms with E-state index in [1.54, 1.807) is 31.2 Å². The number of hydrogen-bond donors (Lipinski definition) is 0. The number of carbonyl (C=O) groups is 2. The Hall–Kier alpha value is -2.56. The molecule has 0 saturated carbocycles. The summed E-state index contributed by atoms with van der Waals surface area (Å²) in [5.74, 6) is -0.455. The van der Waals surface area contributed by atoms with Crippen molar-refractivity contribution in [2.24, 2.45) is 0 Å². The molecule has 0 saturated heterocycles. The van der Waals surface area contributed by atoms with E-state index in [9.17, 15) is 9.59 Å². The number of carbonyl (C=O) groups excluding carboxylic acids is 2. The van der Waals surface area contributed by atoms with Crippen LogP contribution in [0.1, 0.15) is 32.0 Å². The summed E-state index contributed by atoms with van der Waals surface area (Å²) < 4.78 is 14.8. The predicted molar refractivity (Wildman–Crippen MR) is 70.3 cm³/mol. The number of methoxy groups -OCH3 is 1. The third-order valence-corrected chi connectivity index (χ3v) is 2.66. The molecule has 0 aliphatic rings. The van der Waals surface area contributed by atoms with Crippen molar-refractivity contribution < 1.29 is 23.5 Å². The molecule has 5 heteroatoms. The number of benzene rings is 1. The largest absolute Gasteiger partial charge is 0.466 e. The predicted octanol–water partition coefficient (Wildman–Crippen LogP) is 2.73. The van der Waals surface area contributed by atoms with Crippen molar-refractivity contribution in [1.82, 2.24) is 0 Å². The number of esters is 2. The highest BCUT2D eigenvalue weighted by atomic mass is 16.5. The lowest BCUT2D eigenvalue weighted by Gasteiger charge is -2.06. The van der Waals surface area contributed by atoms with Crippen molar-refractivity contribution in [3.05, 3.63) is 59.0 Å². The SMILES string of the molecule is COC(=O)c1cc(C)cc(C(=O)OCc2ccco2)c1. The van der Waals surface area contributed by atoms with Gasteiger partial charge in [-0.2, -0.15) is 0 Å². The van der Waals surface area contributed by atoms with Gasteiger partial charge in [-0.1, -0.05) is 0 Å². The van der Waals surface area contributed by atoms with Gasteiger partial charge in [0.25, 0.3) is 0 Å². The molecule has 0 aliphatic carbocycles. The molecule has 104 valence electrons. The van der Waals surface area contributed by atoms with Crippen LogP contribution in [0.5, 0.6) is 0 Å². The number of rotatable bonds is 4. The van der Waals surface area contributed by atoms with E-state index in [2.05, 4.69) is 4.74 Å². The van der Waals surface area contributed by atoms with Crippen LogP contribution in [0.3, 0.4) is 0 Å². The molecular formula is C15H14O5. The van der Waals surface area contributed by atoms with Crippen molar-refractivity contribution in [3.8, 4) is 0 Å². The van der Waals surface area contributed by atoms with E-state index in [0.29, 0.717) is 16.9 Å². The molecule has 0 atom stereocenters. The highest BCUT2D eigenvalue weighted by Gasteiger charge is 2.13.